The number of carbonyl (C=O) groups excluding carboxylic acids is 1. The standard InChI is InChI=1S/C15H19NO/c1-11(2)12(8-9-17)14-10-16(3)15-7-5-4-6-13(14)15/h4-7,9-12H,8H2,1-3H3/t12-/m0/s1. The van der Waals surface area contributed by atoms with Crippen molar-refractivity contribution in [3.8, 4) is 0 Å². The van der Waals surface area contributed by atoms with Gasteiger partial charge < -0.3 is 9.36 Å². The number of nitrogens with zero attached hydrogens (tertiary/aromatic N) is 1. The lowest BCUT2D eigenvalue weighted by Crippen LogP contribution is -2.07. The highest BCUT2D eigenvalue weighted by Gasteiger charge is 2.19. The van der Waals surface area contributed by atoms with E-state index in [9.17, 15) is 4.79 Å². The van der Waals surface area contributed by atoms with E-state index >= 15 is 0 Å². The number of aryl methyl sites for hydroxylation is 1. The molecule has 0 bridgehead atoms. The van der Waals surface area contributed by atoms with Gasteiger partial charge in [-0.1, -0.05) is 32.0 Å². The van der Waals surface area contributed by atoms with Gasteiger partial charge in [0.2, 0.25) is 0 Å². The average molecular weight is 229 g/mol. The lowest BCUT2D eigenvalue weighted by molar-refractivity contribution is -0.108. The number of benzene rings is 1. The maximum absolute atomic E-state index is 10.8. The van der Waals surface area contributed by atoms with E-state index in [-0.39, 0.29) is 0 Å². The molecule has 0 radical (unpaired) electrons. The SMILES string of the molecule is CC(C)[C@H](CC=O)c1cn(C)c2ccccc12. The maximum Gasteiger partial charge on any atom is 0.120 e. The van der Waals surface area contributed by atoms with Gasteiger partial charge in [0.05, 0.1) is 0 Å². The Bertz CT molecular complexity index is 525. The van der Waals surface area contributed by atoms with E-state index < -0.39 is 0 Å². The minimum absolute atomic E-state index is 0.318. The zero-order valence-corrected chi connectivity index (χ0v) is 10.7. The number of fused-ring (bicyclic) bond motifs is 1. The highest BCUT2D eigenvalue weighted by molar-refractivity contribution is 5.84. The van der Waals surface area contributed by atoms with Crippen molar-refractivity contribution in [2.45, 2.75) is 26.2 Å². The van der Waals surface area contributed by atoms with Gasteiger partial charge in [-0.05, 0) is 23.5 Å². The number of aromatic nitrogens is 1. The van der Waals surface area contributed by atoms with Crippen LogP contribution in [0.25, 0.3) is 10.9 Å². The van der Waals surface area contributed by atoms with Gasteiger partial charge in [0.1, 0.15) is 6.29 Å². The lowest BCUT2D eigenvalue weighted by atomic mass is 9.86. The molecule has 0 amide bonds. The van der Waals surface area contributed by atoms with E-state index in [1.54, 1.807) is 0 Å². The predicted octanol–water partition coefficient (Wildman–Crippen LogP) is 3.51. The largest absolute Gasteiger partial charge is 0.350 e. The van der Waals surface area contributed by atoms with Crippen LogP contribution < -0.4 is 0 Å². The van der Waals surface area contributed by atoms with Gasteiger partial charge in [-0.2, -0.15) is 0 Å². The summed E-state index contributed by atoms with van der Waals surface area (Å²) in [6.07, 6.45) is 3.80. The highest BCUT2D eigenvalue weighted by atomic mass is 16.1. The molecule has 0 unspecified atom stereocenters. The Hall–Kier alpha value is -1.57. The molecule has 0 saturated heterocycles. The van der Waals surface area contributed by atoms with Crippen LogP contribution in [0.1, 0.15) is 31.7 Å². The molecule has 17 heavy (non-hydrogen) atoms. The third kappa shape index (κ3) is 2.12. The van der Waals surface area contributed by atoms with Gasteiger partial charge >= 0.3 is 0 Å². The van der Waals surface area contributed by atoms with Crippen LogP contribution in [0.4, 0.5) is 0 Å². The predicted molar refractivity (Wildman–Crippen MR) is 71.2 cm³/mol. The molecule has 2 heteroatoms. The summed E-state index contributed by atoms with van der Waals surface area (Å²) >= 11 is 0. The summed E-state index contributed by atoms with van der Waals surface area (Å²) in [4.78, 5) is 10.8. The van der Waals surface area contributed by atoms with Gasteiger partial charge in [0, 0.05) is 30.6 Å². The van der Waals surface area contributed by atoms with Crippen molar-refractivity contribution < 1.29 is 4.79 Å². The maximum atomic E-state index is 10.8. The monoisotopic (exact) mass is 229 g/mol. The van der Waals surface area contributed by atoms with Crippen LogP contribution in [-0.4, -0.2) is 10.9 Å². The molecule has 1 aromatic heterocycles. The minimum atomic E-state index is 0.318. The van der Waals surface area contributed by atoms with Crippen LogP contribution in [0, 0.1) is 5.92 Å². The second-order valence-electron chi connectivity index (χ2n) is 4.97. The van der Waals surface area contributed by atoms with Crippen molar-refractivity contribution in [2.24, 2.45) is 13.0 Å². The second-order valence-corrected chi connectivity index (χ2v) is 4.97. The quantitative estimate of drug-likeness (QED) is 0.735. The molecule has 0 aliphatic heterocycles. The molecule has 1 heterocycles. The molecule has 1 aromatic carbocycles. The van der Waals surface area contributed by atoms with E-state index in [0.717, 1.165) is 6.29 Å². The van der Waals surface area contributed by atoms with E-state index in [1.165, 1.54) is 16.5 Å². The highest BCUT2D eigenvalue weighted by Crippen LogP contribution is 2.33. The minimum Gasteiger partial charge on any atom is -0.350 e. The van der Waals surface area contributed by atoms with E-state index in [0.29, 0.717) is 18.3 Å². The topological polar surface area (TPSA) is 22.0 Å². The van der Waals surface area contributed by atoms with Crippen molar-refractivity contribution in [1.29, 1.82) is 0 Å². The van der Waals surface area contributed by atoms with E-state index in [1.807, 2.05) is 0 Å². The Kier molecular flexibility index (Phi) is 3.32. The Morgan fingerprint density at radius 3 is 2.65 bits per heavy atom. The molecule has 1 atom stereocenters. The molecule has 2 nitrogen and oxygen atoms in total. The number of aldehydes is 1. The van der Waals surface area contributed by atoms with Crippen LogP contribution in [0.5, 0.6) is 0 Å². The van der Waals surface area contributed by atoms with Crippen LogP contribution in [0.2, 0.25) is 0 Å². The van der Waals surface area contributed by atoms with Crippen LogP contribution in [0.15, 0.2) is 30.5 Å². The van der Waals surface area contributed by atoms with Crippen molar-refractivity contribution >= 4 is 17.2 Å². The molecular weight excluding hydrogens is 210 g/mol. The fraction of sp³-hybridized carbons (Fsp3) is 0.400. The summed E-state index contributed by atoms with van der Waals surface area (Å²) in [7, 11) is 2.06. The Balaban J connectivity index is 2.57. The fourth-order valence-electron chi connectivity index (χ4n) is 2.53. The number of rotatable bonds is 4. The van der Waals surface area contributed by atoms with E-state index in [4.69, 9.17) is 0 Å². The summed E-state index contributed by atoms with van der Waals surface area (Å²) < 4.78 is 2.14. The number of hydrogen-bond acceptors (Lipinski definition) is 1. The second kappa shape index (κ2) is 4.74. The first-order valence-electron chi connectivity index (χ1n) is 6.12. The van der Waals surface area contributed by atoms with Gasteiger partial charge in [0.15, 0.2) is 0 Å². The number of carbonyl (C=O) groups is 1. The first kappa shape index (κ1) is 11.9. The molecule has 0 aliphatic rings. The zero-order chi connectivity index (χ0) is 12.4. The lowest BCUT2D eigenvalue weighted by Gasteiger charge is -2.17. The smallest absolute Gasteiger partial charge is 0.120 e. The van der Waals surface area contributed by atoms with Crippen LogP contribution in [-0.2, 0) is 11.8 Å². The number of para-hydroxylation sites is 1. The molecule has 90 valence electrons. The van der Waals surface area contributed by atoms with Crippen molar-refractivity contribution in [1.82, 2.24) is 4.57 Å². The molecule has 0 spiro atoms. The Morgan fingerprint density at radius 2 is 2.00 bits per heavy atom. The summed E-state index contributed by atoms with van der Waals surface area (Å²) in [6.45, 7) is 4.35. The fourth-order valence-corrected chi connectivity index (χ4v) is 2.53. The average Bonchev–Trinajstić information content (AvgIpc) is 2.64. The summed E-state index contributed by atoms with van der Waals surface area (Å²) in [5.74, 6) is 0.796. The summed E-state index contributed by atoms with van der Waals surface area (Å²) in [6, 6.07) is 8.38. The molecule has 2 aromatic rings. The molecule has 0 saturated carbocycles. The van der Waals surface area contributed by atoms with Gasteiger partial charge in [-0.25, -0.2) is 0 Å². The third-order valence-corrected chi connectivity index (χ3v) is 3.48. The molecular formula is C15H19NO. The van der Waals surface area contributed by atoms with Gasteiger partial charge in [-0.15, -0.1) is 0 Å². The van der Waals surface area contributed by atoms with Gasteiger partial charge in [0.25, 0.3) is 0 Å². The van der Waals surface area contributed by atoms with Crippen molar-refractivity contribution in [3.63, 3.8) is 0 Å². The summed E-state index contributed by atoms with van der Waals surface area (Å²) in [5.41, 5.74) is 2.53. The summed E-state index contributed by atoms with van der Waals surface area (Å²) in [5, 5.41) is 1.27. The normalized spacial score (nSPS) is 13.2. The van der Waals surface area contributed by atoms with E-state index in [2.05, 4.69) is 55.9 Å². The first-order valence-corrected chi connectivity index (χ1v) is 6.12. The van der Waals surface area contributed by atoms with Crippen LogP contribution in [0.3, 0.4) is 0 Å². The zero-order valence-electron chi connectivity index (χ0n) is 10.7. The van der Waals surface area contributed by atoms with Gasteiger partial charge in [-0.3, -0.25) is 0 Å². The number of hydrogen-bond donors (Lipinski definition) is 0. The molecule has 0 fully saturated rings. The first-order chi connectivity index (χ1) is 8.15. The molecule has 2 rings (SSSR count). The van der Waals surface area contributed by atoms with Crippen molar-refractivity contribution in [3.05, 3.63) is 36.0 Å². The molecule has 0 N–H and O–H groups in total. The Morgan fingerprint density at radius 1 is 1.29 bits per heavy atom. The van der Waals surface area contributed by atoms with Crippen LogP contribution >= 0.6 is 0 Å². The Labute approximate surface area is 102 Å². The molecule has 0 aliphatic carbocycles. The third-order valence-electron chi connectivity index (χ3n) is 3.48. The van der Waals surface area contributed by atoms with Crippen molar-refractivity contribution in [2.75, 3.05) is 0 Å².